The molecule has 136 valence electrons. The Kier molecular flexibility index (Phi) is 4.55. The highest BCUT2D eigenvalue weighted by atomic mass is 16.5. The number of rotatable bonds is 3. The fourth-order valence-corrected chi connectivity index (χ4v) is 3.70. The number of aromatic nitrogens is 3. The minimum absolute atomic E-state index is 0.0533. The summed E-state index contributed by atoms with van der Waals surface area (Å²) in [5, 5.41) is 11.4. The first kappa shape index (κ1) is 16.9. The second kappa shape index (κ2) is 6.99. The van der Waals surface area contributed by atoms with E-state index in [1.807, 2.05) is 38.1 Å². The maximum atomic E-state index is 12.6. The summed E-state index contributed by atoms with van der Waals surface area (Å²) in [7, 11) is 0. The van der Waals surface area contributed by atoms with E-state index >= 15 is 0 Å². The first-order chi connectivity index (χ1) is 12.6. The third-order valence-electron chi connectivity index (χ3n) is 5.22. The Bertz CT molecular complexity index is 795. The van der Waals surface area contributed by atoms with Crippen molar-refractivity contribution in [3.05, 3.63) is 41.9 Å². The van der Waals surface area contributed by atoms with Crippen LogP contribution in [0.2, 0.25) is 0 Å². The maximum absolute atomic E-state index is 12.6. The summed E-state index contributed by atoms with van der Waals surface area (Å²) in [6.07, 6.45) is 3.12. The zero-order chi connectivity index (χ0) is 18.1. The van der Waals surface area contributed by atoms with Crippen molar-refractivity contribution in [3.8, 4) is 0 Å². The lowest BCUT2D eigenvalue weighted by atomic mass is 9.91. The first-order valence-corrected chi connectivity index (χ1v) is 9.03. The van der Waals surface area contributed by atoms with Gasteiger partial charge < -0.3 is 15.0 Å². The third kappa shape index (κ3) is 3.39. The Balaban J connectivity index is 1.39. The van der Waals surface area contributed by atoms with E-state index < -0.39 is 6.10 Å². The zero-order valence-electron chi connectivity index (χ0n) is 15.1. The lowest BCUT2D eigenvalue weighted by Crippen LogP contribution is -2.43. The summed E-state index contributed by atoms with van der Waals surface area (Å²) in [4.78, 5) is 19.0. The number of nitrogens with zero attached hydrogens (tertiary/aromatic N) is 4. The van der Waals surface area contributed by atoms with Crippen molar-refractivity contribution in [2.75, 3.05) is 23.3 Å². The zero-order valence-corrected chi connectivity index (χ0v) is 15.1. The Hall–Kier alpha value is -2.54. The van der Waals surface area contributed by atoms with Gasteiger partial charge in [0.15, 0.2) is 5.82 Å². The molecule has 2 fully saturated rings. The number of hydrogen-bond donors (Lipinski definition) is 1. The summed E-state index contributed by atoms with van der Waals surface area (Å²) in [6.45, 7) is 5.47. The molecule has 26 heavy (non-hydrogen) atoms. The fourth-order valence-electron chi connectivity index (χ4n) is 3.70. The Morgan fingerprint density at radius 2 is 2.15 bits per heavy atom. The van der Waals surface area contributed by atoms with Gasteiger partial charge in [-0.2, -0.15) is 5.10 Å². The summed E-state index contributed by atoms with van der Waals surface area (Å²) in [5.41, 5.74) is 2.45. The van der Waals surface area contributed by atoms with Crippen LogP contribution in [0.5, 0.6) is 0 Å². The van der Waals surface area contributed by atoms with E-state index in [0.29, 0.717) is 5.92 Å². The molecule has 1 amide bonds. The minimum atomic E-state index is -0.409. The van der Waals surface area contributed by atoms with Crippen molar-refractivity contribution in [3.63, 3.8) is 0 Å². The molecule has 4 rings (SSSR count). The van der Waals surface area contributed by atoms with Crippen LogP contribution >= 0.6 is 0 Å². The fraction of sp³-hybridized carbons (Fsp3) is 0.474. The van der Waals surface area contributed by atoms with Gasteiger partial charge in [-0.1, -0.05) is 0 Å². The molecular formula is C19H23N5O2. The second-order valence-electron chi connectivity index (χ2n) is 7.05. The largest absolute Gasteiger partial charge is 0.363 e. The number of aryl methyl sites for hydroxylation is 2. The van der Waals surface area contributed by atoms with Gasteiger partial charge in [-0.05, 0) is 56.9 Å². The molecule has 1 N–H and O–H groups in total. The molecule has 0 spiro atoms. The number of amides is 1. The number of carbonyl (C=O) groups excluding carboxylic acids is 1. The van der Waals surface area contributed by atoms with E-state index in [1.54, 1.807) is 6.20 Å². The van der Waals surface area contributed by atoms with Crippen LogP contribution < -0.4 is 10.2 Å². The normalized spacial score (nSPS) is 25.0. The SMILES string of the molecule is Cc1ccc(N2CC[C@H]3C[C@H](C(=O)Nc4cccnc4C)O[C@@H]3C2)nn1. The number of anilines is 2. The monoisotopic (exact) mass is 353 g/mol. The van der Waals surface area contributed by atoms with Crippen LogP contribution in [0.1, 0.15) is 24.2 Å². The molecule has 2 aliphatic rings. The summed E-state index contributed by atoms with van der Waals surface area (Å²) < 4.78 is 6.09. The molecule has 2 aliphatic heterocycles. The number of hydrogen-bond acceptors (Lipinski definition) is 6. The van der Waals surface area contributed by atoms with Gasteiger partial charge in [0.05, 0.1) is 23.2 Å². The molecule has 0 unspecified atom stereocenters. The molecule has 2 aromatic rings. The van der Waals surface area contributed by atoms with Gasteiger partial charge in [-0.3, -0.25) is 9.78 Å². The number of fused-ring (bicyclic) bond motifs is 1. The average molecular weight is 353 g/mol. The Labute approximate surface area is 152 Å². The van der Waals surface area contributed by atoms with E-state index in [1.165, 1.54) is 0 Å². The molecular weight excluding hydrogens is 330 g/mol. The highest BCUT2D eigenvalue weighted by Crippen LogP contribution is 2.35. The number of carbonyl (C=O) groups is 1. The van der Waals surface area contributed by atoms with Crippen molar-refractivity contribution >= 4 is 17.4 Å². The molecule has 7 heteroatoms. The second-order valence-corrected chi connectivity index (χ2v) is 7.05. The molecule has 3 atom stereocenters. The summed E-state index contributed by atoms with van der Waals surface area (Å²) in [5.74, 6) is 1.20. The van der Waals surface area contributed by atoms with Gasteiger partial charge in [-0.25, -0.2) is 0 Å². The predicted molar refractivity (Wildman–Crippen MR) is 98.0 cm³/mol. The Morgan fingerprint density at radius 3 is 2.92 bits per heavy atom. The van der Waals surface area contributed by atoms with Crippen LogP contribution in [0.25, 0.3) is 0 Å². The molecule has 0 aliphatic carbocycles. The van der Waals surface area contributed by atoms with E-state index in [9.17, 15) is 4.79 Å². The van der Waals surface area contributed by atoms with Crippen molar-refractivity contribution in [2.24, 2.45) is 5.92 Å². The van der Waals surface area contributed by atoms with Crippen LogP contribution in [0.4, 0.5) is 11.5 Å². The van der Waals surface area contributed by atoms with Crippen molar-refractivity contribution in [2.45, 2.75) is 38.9 Å². The molecule has 2 aromatic heterocycles. The molecule has 7 nitrogen and oxygen atoms in total. The predicted octanol–water partition coefficient (Wildman–Crippen LogP) is 2.11. The molecule has 4 heterocycles. The van der Waals surface area contributed by atoms with Gasteiger partial charge in [0.25, 0.3) is 5.91 Å². The van der Waals surface area contributed by atoms with Gasteiger partial charge in [0.1, 0.15) is 6.10 Å². The molecule has 0 bridgehead atoms. The van der Waals surface area contributed by atoms with Crippen LogP contribution in [-0.4, -0.2) is 46.4 Å². The highest BCUT2D eigenvalue weighted by Gasteiger charge is 2.42. The quantitative estimate of drug-likeness (QED) is 0.910. The molecule has 0 saturated carbocycles. The number of nitrogens with one attached hydrogen (secondary N) is 1. The van der Waals surface area contributed by atoms with E-state index in [2.05, 4.69) is 25.4 Å². The number of piperidine rings is 1. The van der Waals surface area contributed by atoms with Crippen molar-refractivity contribution in [1.29, 1.82) is 0 Å². The minimum Gasteiger partial charge on any atom is -0.363 e. The number of ether oxygens (including phenoxy) is 1. The standard InChI is InChI=1S/C19H23N5O2/c1-12-5-6-18(23-22-12)24-9-7-14-10-16(26-17(14)11-24)19(25)21-15-4-3-8-20-13(15)2/h3-6,8,14,16-17H,7,9-11H2,1-2H3,(H,21,25)/t14-,16+,17+/m0/s1. The van der Waals surface area contributed by atoms with Crippen LogP contribution in [0.3, 0.4) is 0 Å². The summed E-state index contributed by atoms with van der Waals surface area (Å²) >= 11 is 0. The maximum Gasteiger partial charge on any atom is 0.253 e. The number of pyridine rings is 1. The van der Waals surface area contributed by atoms with E-state index in [-0.39, 0.29) is 12.0 Å². The van der Waals surface area contributed by atoms with Crippen molar-refractivity contribution in [1.82, 2.24) is 15.2 Å². The van der Waals surface area contributed by atoms with Crippen LogP contribution in [-0.2, 0) is 9.53 Å². The lowest BCUT2D eigenvalue weighted by molar-refractivity contribution is -0.126. The van der Waals surface area contributed by atoms with E-state index in [0.717, 1.165) is 48.8 Å². The van der Waals surface area contributed by atoms with Gasteiger partial charge in [0.2, 0.25) is 0 Å². The van der Waals surface area contributed by atoms with Crippen LogP contribution in [0, 0.1) is 19.8 Å². The summed E-state index contributed by atoms with van der Waals surface area (Å²) in [6, 6.07) is 7.64. The van der Waals surface area contributed by atoms with E-state index in [4.69, 9.17) is 4.74 Å². The molecule has 0 aromatic carbocycles. The van der Waals surface area contributed by atoms with Crippen LogP contribution in [0.15, 0.2) is 30.5 Å². The van der Waals surface area contributed by atoms with Gasteiger partial charge in [-0.15, -0.1) is 5.10 Å². The third-order valence-corrected chi connectivity index (χ3v) is 5.22. The highest BCUT2D eigenvalue weighted by molar-refractivity contribution is 5.94. The molecule has 2 saturated heterocycles. The van der Waals surface area contributed by atoms with Crippen molar-refractivity contribution < 1.29 is 9.53 Å². The first-order valence-electron chi connectivity index (χ1n) is 9.03. The molecule has 0 radical (unpaired) electrons. The van der Waals surface area contributed by atoms with Gasteiger partial charge in [0, 0.05) is 19.3 Å². The topological polar surface area (TPSA) is 80.2 Å². The average Bonchev–Trinajstić information content (AvgIpc) is 3.07. The Morgan fingerprint density at radius 1 is 1.27 bits per heavy atom. The lowest BCUT2D eigenvalue weighted by Gasteiger charge is -2.34. The smallest absolute Gasteiger partial charge is 0.253 e. The van der Waals surface area contributed by atoms with Gasteiger partial charge >= 0.3 is 0 Å².